The zero-order valence-electron chi connectivity index (χ0n) is 11.3. The van der Waals surface area contributed by atoms with E-state index in [0.29, 0.717) is 0 Å². The van der Waals surface area contributed by atoms with Crippen molar-refractivity contribution in [2.75, 3.05) is 21.3 Å². The van der Waals surface area contributed by atoms with Gasteiger partial charge in [-0.2, -0.15) is 0 Å². The summed E-state index contributed by atoms with van der Waals surface area (Å²) in [6.07, 6.45) is -0.0105. The lowest BCUT2D eigenvalue weighted by Crippen LogP contribution is -2.27. The van der Waals surface area contributed by atoms with Crippen molar-refractivity contribution in [1.29, 1.82) is 0 Å². The maximum atomic E-state index is 11.5. The van der Waals surface area contributed by atoms with Gasteiger partial charge in [0.2, 0.25) is 0 Å². The molecule has 0 bridgehead atoms. The average molecular weight is 274 g/mol. The number of hydrogen-bond acceptors (Lipinski definition) is 7. The molecule has 0 spiro atoms. The van der Waals surface area contributed by atoms with Crippen molar-refractivity contribution in [2.24, 2.45) is 5.92 Å². The van der Waals surface area contributed by atoms with Gasteiger partial charge in [-0.3, -0.25) is 19.2 Å². The average Bonchev–Trinajstić information content (AvgIpc) is 2.43. The van der Waals surface area contributed by atoms with Gasteiger partial charge in [0, 0.05) is 12.8 Å². The molecule has 0 saturated carbocycles. The van der Waals surface area contributed by atoms with Crippen molar-refractivity contribution in [3.63, 3.8) is 0 Å². The van der Waals surface area contributed by atoms with Crippen molar-refractivity contribution < 1.29 is 33.4 Å². The molecule has 0 aromatic rings. The summed E-state index contributed by atoms with van der Waals surface area (Å²) in [7, 11) is 3.53. The Bertz CT molecular complexity index is 332. The van der Waals surface area contributed by atoms with Crippen molar-refractivity contribution in [3.8, 4) is 0 Å². The maximum absolute atomic E-state index is 11.5. The molecule has 108 valence electrons. The molecule has 0 saturated heterocycles. The van der Waals surface area contributed by atoms with E-state index in [-0.39, 0.29) is 31.5 Å². The predicted molar refractivity (Wildman–Crippen MR) is 63.0 cm³/mol. The van der Waals surface area contributed by atoms with E-state index >= 15 is 0 Å². The Hall–Kier alpha value is -1.92. The van der Waals surface area contributed by atoms with Crippen LogP contribution in [-0.4, -0.2) is 45.0 Å². The summed E-state index contributed by atoms with van der Waals surface area (Å²) >= 11 is 0. The largest absolute Gasteiger partial charge is 0.469 e. The molecule has 0 N–H and O–H groups in total. The summed E-state index contributed by atoms with van der Waals surface area (Å²) in [5.74, 6) is -3.31. The van der Waals surface area contributed by atoms with Gasteiger partial charge in [-0.1, -0.05) is 0 Å². The number of ether oxygens (including phenoxy) is 3. The van der Waals surface area contributed by atoms with Crippen LogP contribution in [0.15, 0.2) is 0 Å². The van der Waals surface area contributed by atoms with E-state index in [1.807, 2.05) is 0 Å². The quantitative estimate of drug-likeness (QED) is 0.355. The molecule has 0 fully saturated rings. The first kappa shape index (κ1) is 17.1. The van der Waals surface area contributed by atoms with E-state index in [4.69, 9.17) is 0 Å². The van der Waals surface area contributed by atoms with Crippen molar-refractivity contribution >= 4 is 23.7 Å². The van der Waals surface area contributed by atoms with Gasteiger partial charge < -0.3 is 14.2 Å². The molecular weight excluding hydrogens is 256 g/mol. The number of hydrogen-bond donors (Lipinski definition) is 0. The highest BCUT2D eigenvalue weighted by Gasteiger charge is 2.28. The van der Waals surface area contributed by atoms with Crippen molar-refractivity contribution in [3.05, 3.63) is 0 Å². The third kappa shape index (κ3) is 6.54. The van der Waals surface area contributed by atoms with Crippen LogP contribution in [-0.2, 0) is 33.4 Å². The molecule has 0 amide bonds. The highest BCUT2D eigenvalue weighted by molar-refractivity contribution is 5.95. The number of esters is 3. The van der Waals surface area contributed by atoms with Crippen LogP contribution in [0.1, 0.15) is 25.7 Å². The summed E-state index contributed by atoms with van der Waals surface area (Å²) < 4.78 is 13.3. The Morgan fingerprint density at radius 1 is 0.789 bits per heavy atom. The summed E-state index contributed by atoms with van der Waals surface area (Å²) in [5.41, 5.74) is 0. The molecule has 0 aromatic heterocycles. The van der Waals surface area contributed by atoms with Crippen LogP contribution in [0.5, 0.6) is 0 Å². The first-order valence-corrected chi connectivity index (χ1v) is 5.70. The van der Waals surface area contributed by atoms with E-state index in [2.05, 4.69) is 14.2 Å². The minimum atomic E-state index is -1.11. The summed E-state index contributed by atoms with van der Waals surface area (Å²) in [5, 5.41) is 0. The van der Waals surface area contributed by atoms with Crippen LogP contribution >= 0.6 is 0 Å². The molecule has 7 heteroatoms. The Balaban J connectivity index is 4.24. The van der Waals surface area contributed by atoms with Gasteiger partial charge in [0.25, 0.3) is 0 Å². The van der Waals surface area contributed by atoms with Gasteiger partial charge in [-0.15, -0.1) is 0 Å². The molecule has 0 aliphatic carbocycles. The van der Waals surface area contributed by atoms with Gasteiger partial charge in [-0.05, 0) is 6.42 Å². The molecule has 0 heterocycles. The Labute approximate surface area is 111 Å². The predicted octanol–water partition coefficient (Wildman–Crippen LogP) is 0.251. The highest BCUT2D eigenvalue weighted by Crippen LogP contribution is 2.12. The molecule has 19 heavy (non-hydrogen) atoms. The van der Waals surface area contributed by atoms with Gasteiger partial charge in [0.1, 0.15) is 5.78 Å². The fourth-order valence-corrected chi connectivity index (χ4v) is 1.39. The Morgan fingerprint density at radius 2 is 1.32 bits per heavy atom. The number of carbonyl (C=O) groups is 4. The third-order valence-electron chi connectivity index (χ3n) is 2.52. The van der Waals surface area contributed by atoms with Crippen LogP contribution < -0.4 is 0 Å². The van der Waals surface area contributed by atoms with E-state index in [0.717, 1.165) is 14.2 Å². The number of methoxy groups -OCH3 is 3. The van der Waals surface area contributed by atoms with E-state index < -0.39 is 23.8 Å². The van der Waals surface area contributed by atoms with Crippen LogP contribution in [0, 0.1) is 5.92 Å². The Kier molecular flexibility index (Phi) is 8.15. The van der Waals surface area contributed by atoms with Crippen LogP contribution in [0.3, 0.4) is 0 Å². The minimum Gasteiger partial charge on any atom is -0.469 e. The van der Waals surface area contributed by atoms with Gasteiger partial charge >= 0.3 is 17.9 Å². The van der Waals surface area contributed by atoms with E-state index in [1.54, 1.807) is 0 Å². The zero-order valence-corrected chi connectivity index (χ0v) is 11.3. The number of carbonyl (C=O) groups excluding carboxylic acids is 4. The molecule has 7 nitrogen and oxygen atoms in total. The lowest BCUT2D eigenvalue weighted by Gasteiger charge is -2.11. The first-order chi connectivity index (χ1) is 8.96. The minimum absolute atomic E-state index is 0.000642. The second-order valence-electron chi connectivity index (χ2n) is 3.75. The van der Waals surface area contributed by atoms with Gasteiger partial charge in [0.05, 0.1) is 27.8 Å². The molecule has 0 atom stereocenters. The lowest BCUT2D eigenvalue weighted by atomic mass is 10.00. The van der Waals surface area contributed by atoms with Crippen LogP contribution in [0.4, 0.5) is 0 Å². The Morgan fingerprint density at radius 3 is 1.74 bits per heavy atom. The van der Waals surface area contributed by atoms with E-state index in [1.165, 1.54) is 7.11 Å². The van der Waals surface area contributed by atoms with Gasteiger partial charge in [0.15, 0.2) is 5.92 Å². The number of Topliss-reactive ketones (excluding diaryl/α,β-unsaturated/α-hetero) is 1. The molecule has 0 unspecified atom stereocenters. The summed E-state index contributed by atoms with van der Waals surface area (Å²) in [6, 6.07) is 0. The normalized spacial score (nSPS) is 9.89. The van der Waals surface area contributed by atoms with Crippen molar-refractivity contribution in [1.82, 2.24) is 0 Å². The molecule has 0 aromatic carbocycles. The fourth-order valence-electron chi connectivity index (χ4n) is 1.39. The van der Waals surface area contributed by atoms with Gasteiger partial charge in [-0.25, -0.2) is 0 Å². The number of ketones is 1. The molecule has 0 aliphatic rings. The highest BCUT2D eigenvalue weighted by atomic mass is 16.5. The first-order valence-electron chi connectivity index (χ1n) is 5.70. The van der Waals surface area contributed by atoms with Crippen LogP contribution in [0.25, 0.3) is 0 Å². The number of rotatable bonds is 8. The topological polar surface area (TPSA) is 96.0 Å². The smallest absolute Gasteiger partial charge is 0.320 e. The van der Waals surface area contributed by atoms with Crippen LogP contribution in [0.2, 0.25) is 0 Å². The fraction of sp³-hybridized carbons (Fsp3) is 0.667. The second kappa shape index (κ2) is 9.07. The SMILES string of the molecule is COC(=O)CCC(=O)CCC(C(=O)OC)C(=O)OC. The summed E-state index contributed by atoms with van der Waals surface area (Å²) in [6.45, 7) is 0. The van der Waals surface area contributed by atoms with E-state index in [9.17, 15) is 19.2 Å². The molecular formula is C12H18O7. The second-order valence-corrected chi connectivity index (χ2v) is 3.75. The molecule has 0 radical (unpaired) electrons. The molecule has 0 aliphatic heterocycles. The van der Waals surface area contributed by atoms with Crippen molar-refractivity contribution in [2.45, 2.75) is 25.7 Å². The zero-order chi connectivity index (χ0) is 14.8. The maximum Gasteiger partial charge on any atom is 0.320 e. The lowest BCUT2D eigenvalue weighted by molar-refractivity contribution is -0.159. The summed E-state index contributed by atoms with van der Waals surface area (Å²) in [4.78, 5) is 45.0. The monoisotopic (exact) mass is 274 g/mol. The standard InChI is InChI=1S/C12H18O7/c1-17-10(14)7-5-8(13)4-6-9(11(15)18-2)12(16)19-3/h9H,4-7H2,1-3H3. The third-order valence-corrected chi connectivity index (χ3v) is 2.52. The molecule has 0 rings (SSSR count).